The minimum Gasteiger partial charge on any atom is -0.464 e. The lowest BCUT2D eigenvalue weighted by atomic mass is 10.1. The van der Waals surface area contributed by atoms with Crippen LogP contribution in [0.5, 0.6) is 0 Å². The summed E-state index contributed by atoms with van der Waals surface area (Å²) in [5.74, 6) is -1.39. The number of fused-ring (bicyclic) bond motifs is 1. The van der Waals surface area contributed by atoms with E-state index in [0.717, 1.165) is 12.1 Å². The van der Waals surface area contributed by atoms with Crippen molar-refractivity contribution in [1.82, 2.24) is 4.57 Å². The number of aromatic nitrogens is 1. The minimum absolute atomic E-state index is 0.106. The van der Waals surface area contributed by atoms with Crippen LogP contribution in [0.4, 0.5) is 18.9 Å². The van der Waals surface area contributed by atoms with Gasteiger partial charge in [-0.25, -0.2) is 4.79 Å². The molecule has 1 N–H and O–H groups in total. The fourth-order valence-electron chi connectivity index (χ4n) is 2.63. The monoisotopic (exact) mass is 416 g/mol. The maximum atomic E-state index is 13.1. The average molecular weight is 417 g/mol. The molecule has 27 heavy (non-hydrogen) atoms. The molecule has 0 aliphatic carbocycles. The van der Waals surface area contributed by atoms with E-state index in [1.807, 2.05) is 0 Å². The van der Waals surface area contributed by atoms with Gasteiger partial charge in [-0.1, -0.05) is 23.7 Å². The number of nitrogens with zero attached hydrogens (tertiary/aromatic N) is 1. The Balaban J connectivity index is 1.92. The third-order valence-electron chi connectivity index (χ3n) is 3.76. The summed E-state index contributed by atoms with van der Waals surface area (Å²) in [4.78, 5) is 24.4. The van der Waals surface area contributed by atoms with E-state index in [-0.39, 0.29) is 17.9 Å². The van der Waals surface area contributed by atoms with Crippen LogP contribution in [0.15, 0.2) is 36.4 Å². The van der Waals surface area contributed by atoms with Gasteiger partial charge in [-0.05, 0) is 24.3 Å². The SMILES string of the molecule is COC(=O)c1cc2sc(Cl)cc2n1CC(=O)Nc1ccccc1C(F)(F)F. The molecule has 0 aliphatic heterocycles. The summed E-state index contributed by atoms with van der Waals surface area (Å²) >= 11 is 7.17. The van der Waals surface area contributed by atoms with Gasteiger partial charge in [-0.2, -0.15) is 13.2 Å². The number of para-hydroxylation sites is 1. The maximum absolute atomic E-state index is 13.1. The maximum Gasteiger partial charge on any atom is 0.418 e. The first-order chi connectivity index (χ1) is 12.7. The molecule has 5 nitrogen and oxygen atoms in total. The molecule has 2 aromatic heterocycles. The summed E-state index contributed by atoms with van der Waals surface area (Å²) < 4.78 is 46.4. The summed E-state index contributed by atoms with van der Waals surface area (Å²) in [6.07, 6.45) is -4.61. The molecule has 2 heterocycles. The molecule has 10 heteroatoms. The second-order valence-corrected chi connectivity index (χ2v) is 7.21. The molecule has 3 rings (SSSR count). The molecule has 1 amide bonds. The largest absolute Gasteiger partial charge is 0.464 e. The van der Waals surface area contributed by atoms with E-state index in [9.17, 15) is 22.8 Å². The number of ether oxygens (including phenoxy) is 1. The lowest BCUT2D eigenvalue weighted by Gasteiger charge is -2.14. The fraction of sp³-hybridized carbons (Fsp3) is 0.176. The molecular formula is C17H12ClF3N2O3S. The molecule has 142 valence electrons. The number of anilines is 1. The van der Waals surface area contributed by atoms with Gasteiger partial charge in [0.1, 0.15) is 12.2 Å². The van der Waals surface area contributed by atoms with Crippen LogP contribution in [0.1, 0.15) is 16.1 Å². The number of carbonyl (C=O) groups is 2. The number of alkyl halides is 3. The molecule has 3 aromatic rings. The first-order valence-electron chi connectivity index (χ1n) is 7.53. The van der Waals surface area contributed by atoms with Crippen LogP contribution >= 0.6 is 22.9 Å². The molecule has 0 aliphatic rings. The number of amides is 1. The zero-order chi connectivity index (χ0) is 19.8. The number of hydrogen-bond acceptors (Lipinski definition) is 4. The lowest BCUT2D eigenvalue weighted by molar-refractivity contribution is -0.137. The van der Waals surface area contributed by atoms with Gasteiger partial charge in [0.25, 0.3) is 0 Å². The highest BCUT2D eigenvalue weighted by molar-refractivity contribution is 7.22. The number of methoxy groups -OCH3 is 1. The van der Waals surface area contributed by atoms with Gasteiger partial charge in [0.05, 0.1) is 32.9 Å². The second-order valence-electron chi connectivity index (χ2n) is 5.50. The Morgan fingerprint density at radius 3 is 2.63 bits per heavy atom. The number of rotatable bonds is 4. The molecule has 0 radical (unpaired) electrons. The standard InChI is InChI=1S/C17H12ClF3N2O3S/c1-26-16(25)12-6-13-11(7-14(18)27-13)23(12)8-15(24)22-10-5-3-2-4-9(10)17(19,20)21/h2-7H,8H2,1H3,(H,22,24). The highest BCUT2D eigenvalue weighted by Gasteiger charge is 2.33. The van der Waals surface area contributed by atoms with Crippen molar-refractivity contribution < 1.29 is 27.5 Å². The van der Waals surface area contributed by atoms with Crippen LogP contribution in [0.2, 0.25) is 4.34 Å². The number of nitrogens with one attached hydrogen (secondary N) is 1. The Bertz CT molecular complexity index is 1030. The summed E-state index contributed by atoms with van der Waals surface area (Å²) in [6, 6.07) is 7.75. The van der Waals surface area contributed by atoms with Gasteiger partial charge in [-0.3, -0.25) is 4.79 Å². The van der Waals surface area contributed by atoms with Crippen LogP contribution in [-0.2, 0) is 22.3 Å². The van der Waals surface area contributed by atoms with Crippen LogP contribution in [0, 0.1) is 0 Å². The Morgan fingerprint density at radius 1 is 1.26 bits per heavy atom. The van der Waals surface area contributed by atoms with Crippen LogP contribution in [0.25, 0.3) is 10.2 Å². The molecule has 0 saturated heterocycles. The third-order valence-corrected chi connectivity index (χ3v) is 4.96. The van der Waals surface area contributed by atoms with E-state index in [1.165, 1.54) is 41.2 Å². The Kier molecular flexibility index (Phi) is 5.16. The lowest BCUT2D eigenvalue weighted by Crippen LogP contribution is -2.23. The Morgan fingerprint density at radius 2 is 1.96 bits per heavy atom. The van der Waals surface area contributed by atoms with Crippen molar-refractivity contribution in [2.45, 2.75) is 12.7 Å². The molecule has 0 unspecified atom stereocenters. The number of thiophene rings is 1. The summed E-state index contributed by atoms with van der Waals surface area (Å²) in [7, 11) is 1.19. The summed E-state index contributed by atoms with van der Waals surface area (Å²) in [5, 5.41) is 2.25. The third kappa shape index (κ3) is 3.93. The normalized spacial score (nSPS) is 11.6. The highest BCUT2D eigenvalue weighted by atomic mass is 35.5. The Hall–Kier alpha value is -2.52. The molecule has 0 saturated carbocycles. The van der Waals surface area contributed by atoms with E-state index in [2.05, 4.69) is 5.32 Å². The van der Waals surface area contributed by atoms with Gasteiger partial charge >= 0.3 is 12.1 Å². The number of hydrogen-bond donors (Lipinski definition) is 1. The highest BCUT2D eigenvalue weighted by Crippen LogP contribution is 2.35. The van der Waals surface area contributed by atoms with Crippen LogP contribution in [0.3, 0.4) is 0 Å². The van der Waals surface area contributed by atoms with Crippen molar-refractivity contribution in [1.29, 1.82) is 0 Å². The fourth-order valence-corrected chi connectivity index (χ4v) is 3.81. The van der Waals surface area contributed by atoms with Gasteiger partial charge < -0.3 is 14.6 Å². The number of carbonyl (C=O) groups excluding carboxylic acids is 2. The smallest absolute Gasteiger partial charge is 0.418 e. The number of benzene rings is 1. The van der Waals surface area contributed by atoms with Crippen molar-refractivity contribution in [3.8, 4) is 0 Å². The van der Waals surface area contributed by atoms with Crippen molar-refractivity contribution in [2.75, 3.05) is 12.4 Å². The van der Waals surface area contributed by atoms with E-state index in [4.69, 9.17) is 16.3 Å². The minimum atomic E-state index is -4.61. The van der Waals surface area contributed by atoms with Crippen molar-refractivity contribution in [2.24, 2.45) is 0 Å². The number of halogens is 4. The van der Waals surface area contributed by atoms with Crippen molar-refractivity contribution in [3.63, 3.8) is 0 Å². The zero-order valence-corrected chi connectivity index (χ0v) is 15.3. The second kappa shape index (κ2) is 7.24. The van der Waals surface area contributed by atoms with Gasteiger partial charge in [-0.15, -0.1) is 11.3 Å². The van der Waals surface area contributed by atoms with Crippen molar-refractivity contribution >= 4 is 50.7 Å². The molecule has 0 bridgehead atoms. The molecule has 0 spiro atoms. The van der Waals surface area contributed by atoms with Crippen LogP contribution < -0.4 is 5.32 Å². The Labute approximate surface area is 160 Å². The van der Waals surface area contributed by atoms with Gasteiger partial charge in [0.2, 0.25) is 5.91 Å². The molecule has 0 atom stereocenters. The van der Waals surface area contributed by atoms with Crippen LogP contribution in [-0.4, -0.2) is 23.6 Å². The topological polar surface area (TPSA) is 60.3 Å². The predicted octanol–water partition coefficient (Wildman–Crippen LogP) is 4.80. The molecule has 0 fully saturated rings. The predicted molar refractivity (Wildman–Crippen MR) is 96.2 cm³/mol. The van der Waals surface area contributed by atoms with E-state index in [1.54, 1.807) is 6.07 Å². The molecule has 1 aromatic carbocycles. The number of esters is 1. The summed E-state index contributed by atoms with van der Waals surface area (Å²) in [6.45, 7) is -0.382. The van der Waals surface area contributed by atoms with Gasteiger partial charge in [0.15, 0.2) is 0 Å². The zero-order valence-electron chi connectivity index (χ0n) is 13.8. The van der Waals surface area contributed by atoms with E-state index < -0.39 is 23.6 Å². The molecular weight excluding hydrogens is 405 g/mol. The first kappa shape index (κ1) is 19.2. The quantitative estimate of drug-likeness (QED) is 0.621. The van der Waals surface area contributed by atoms with E-state index in [0.29, 0.717) is 14.6 Å². The summed E-state index contributed by atoms with van der Waals surface area (Å²) in [5.41, 5.74) is -0.691. The van der Waals surface area contributed by atoms with Gasteiger partial charge in [0, 0.05) is 0 Å². The average Bonchev–Trinajstić information content (AvgIpc) is 3.11. The first-order valence-corrected chi connectivity index (χ1v) is 8.73. The van der Waals surface area contributed by atoms with E-state index >= 15 is 0 Å². The van der Waals surface area contributed by atoms with Crippen molar-refractivity contribution in [3.05, 3.63) is 52.0 Å².